The summed E-state index contributed by atoms with van der Waals surface area (Å²) in [7, 11) is 0. The number of aliphatic hydroxyl groups excluding tert-OH is 2. The van der Waals surface area contributed by atoms with E-state index in [0.717, 1.165) is 11.0 Å². The molecule has 0 spiro atoms. The van der Waals surface area contributed by atoms with Gasteiger partial charge in [-0.3, -0.25) is 0 Å². The van der Waals surface area contributed by atoms with Crippen molar-refractivity contribution < 1.29 is 10.2 Å². The van der Waals surface area contributed by atoms with E-state index in [4.69, 9.17) is 5.11 Å². The third-order valence-electron chi connectivity index (χ3n) is 3.74. The van der Waals surface area contributed by atoms with Crippen LogP contribution in [0.15, 0.2) is 48.5 Å². The van der Waals surface area contributed by atoms with Gasteiger partial charge in [0.15, 0.2) is 0 Å². The molecule has 4 heteroatoms. The lowest BCUT2D eigenvalue weighted by molar-refractivity contribution is 0.151. The highest BCUT2D eigenvalue weighted by Crippen LogP contribution is 2.28. The molecule has 3 aromatic rings. The van der Waals surface area contributed by atoms with Crippen molar-refractivity contribution in [3.05, 3.63) is 48.5 Å². The molecule has 0 fully saturated rings. The molecule has 0 aliphatic carbocycles. The summed E-state index contributed by atoms with van der Waals surface area (Å²) in [6.07, 6.45) is -0.490. The lowest BCUT2D eigenvalue weighted by Gasteiger charge is -2.14. The summed E-state index contributed by atoms with van der Waals surface area (Å²) in [5.41, 5.74) is 2.28. The molecule has 0 saturated carbocycles. The van der Waals surface area contributed by atoms with Gasteiger partial charge in [-0.25, -0.2) is 0 Å². The topological polar surface area (TPSA) is 57.4 Å². The fraction of sp³-hybridized carbons (Fsp3) is 0.294. The van der Waals surface area contributed by atoms with Gasteiger partial charge in [-0.2, -0.15) is 0 Å². The van der Waals surface area contributed by atoms with Gasteiger partial charge in [0.2, 0.25) is 0 Å². The third kappa shape index (κ3) is 2.78. The molecule has 2 aromatic carbocycles. The number of benzene rings is 2. The number of hydrogen-bond donors (Lipinski definition) is 3. The minimum Gasteiger partial charge on any atom is -0.395 e. The van der Waals surface area contributed by atoms with Crippen LogP contribution >= 0.6 is 0 Å². The lowest BCUT2D eigenvalue weighted by Crippen LogP contribution is -2.31. The van der Waals surface area contributed by atoms with Crippen LogP contribution in [0.3, 0.4) is 0 Å². The van der Waals surface area contributed by atoms with E-state index in [2.05, 4.69) is 34.1 Å². The molecular formula is C17H20N2O2. The van der Waals surface area contributed by atoms with Gasteiger partial charge in [0, 0.05) is 34.9 Å². The van der Waals surface area contributed by atoms with Crippen molar-refractivity contribution in [1.29, 1.82) is 0 Å². The van der Waals surface area contributed by atoms with Crippen LogP contribution in [0, 0.1) is 0 Å². The van der Waals surface area contributed by atoms with Gasteiger partial charge in [-0.05, 0) is 12.1 Å². The van der Waals surface area contributed by atoms with E-state index in [1.165, 1.54) is 10.8 Å². The smallest absolute Gasteiger partial charge is 0.0843 e. The monoisotopic (exact) mass is 284 g/mol. The number of aromatic nitrogens is 1. The van der Waals surface area contributed by atoms with Crippen molar-refractivity contribution in [3.8, 4) is 0 Å². The highest BCUT2D eigenvalue weighted by atomic mass is 16.3. The fourth-order valence-corrected chi connectivity index (χ4v) is 2.82. The van der Waals surface area contributed by atoms with Crippen LogP contribution < -0.4 is 5.32 Å². The molecule has 110 valence electrons. The number of nitrogens with one attached hydrogen (secondary N) is 1. The molecule has 4 nitrogen and oxygen atoms in total. The number of fused-ring (bicyclic) bond motifs is 3. The Kier molecular flexibility index (Phi) is 4.20. The Morgan fingerprint density at radius 2 is 1.52 bits per heavy atom. The molecule has 0 saturated heterocycles. The second-order valence-corrected chi connectivity index (χ2v) is 5.23. The van der Waals surface area contributed by atoms with Crippen LogP contribution in [-0.2, 0) is 6.54 Å². The normalized spacial score (nSPS) is 13.0. The van der Waals surface area contributed by atoms with Crippen LogP contribution in [-0.4, -0.2) is 40.6 Å². The van der Waals surface area contributed by atoms with Crippen molar-refractivity contribution in [2.75, 3.05) is 19.7 Å². The van der Waals surface area contributed by atoms with Crippen molar-refractivity contribution in [2.45, 2.75) is 12.6 Å². The summed E-state index contributed by atoms with van der Waals surface area (Å²) in [5.74, 6) is 0. The van der Waals surface area contributed by atoms with Crippen LogP contribution in [0.1, 0.15) is 0 Å². The minimum atomic E-state index is -0.490. The number of rotatable bonds is 6. The standard InChI is InChI=1S/C17H20N2O2/c20-10-9-18-11-13(21)12-19-16-7-3-1-5-14(16)15-6-2-4-8-17(15)19/h1-8,13,18,20-21H,9-12H2/t13-/m1/s1. The predicted molar refractivity (Wildman–Crippen MR) is 85.4 cm³/mol. The summed E-state index contributed by atoms with van der Waals surface area (Å²) < 4.78 is 2.16. The van der Waals surface area contributed by atoms with Crippen LogP contribution in [0.5, 0.6) is 0 Å². The predicted octanol–water partition coefficient (Wildman–Crippen LogP) is 1.74. The first-order valence-electron chi connectivity index (χ1n) is 7.27. The second-order valence-electron chi connectivity index (χ2n) is 5.23. The molecule has 0 unspecified atom stereocenters. The Morgan fingerprint density at radius 1 is 0.952 bits per heavy atom. The highest BCUT2D eigenvalue weighted by molar-refractivity contribution is 6.07. The first-order chi connectivity index (χ1) is 10.3. The van der Waals surface area contributed by atoms with Gasteiger partial charge in [-0.15, -0.1) is 0 Å². The maximum atomic E-state index is 10.2. The Hall–Kier alpha value is -1.88. The molecule has 1 heterocycles. The number of aliphatic hydroxyl groups is 2. The summed E-state index contributed by atoms with van der Waals surface area (Å²) >= 11 is 0. The zero-order valence-corrected chi connectivity index (χ0v) is 11.9. The first kappa shape index (κ1) is 14.1. The Morgan fingerprint density at radius 3 is 2.10 bits per heavy atom. The minimum absolute atomic E-state index is 0.0854. The Balaban J connectivity index is 1.96. The maximum Gasteiger partial charge on any atom is 0.0843 e. The van der Waals surface area contributed by atoms with E-state index in [0.29, 0.717) is 19.6 Å². The van der Waals surface area contributed by atoms with E-state index in [1.807, 2.05) is 24.3 Å². The number of nitrogens with zero attached hydrogens (tertiary/aromatic N) is 1. The molecule has 0 amide bonds. The second kappa shape index (κ2) is 6.26. The van der Waals surface area contributed by atoms with E-state index in [9.17, 15) is 5.11 Å². The molecule has 3 rings (SSSR count). The fourth-order valence-electron chi connectivity index (χ4n) is 2.82. The largest absolute Gasteiger partial charge is 0.395 e. The highest BCUT2D eigenvalue weighted by Gasteiger charge is 2.12. The molecule has 21 heavy (non-hydrogen) atoms. The molecule has 0 aliphatic rings. The summed E-state index contributed by atoms with van der Waals surface area (Å²) in [5, 5.41) is 24.4. The van der Waals surface area contributed by atoms with Crippen molar-refractivity contribution in [2.24, 2.45) is 0 Å². The van der Waals surface area contributed by atoms with Crippen LogP contribution in [0.4, 0.5) is 0 Å². The van der Waals surface area contributed by atoms with E-state index >= 15 is 0 Å². The van der Waals surface area contributed by atoms with Gasteiger partial charge in [0.1, 0.15) is 0 Å². The molecule has 1 aromatic heterocycles. The number of hydrogen-bond acceptors (Lipinski definition) is 3. The summed E-state index contributed by atoms with van der Waals surface area (Å²) in [6, 6.07) is 16.5. The van der Waals surface area contributed by atoms with E-state index in [-0.39, 0.29) is 6.61 Å². The van der Waals surface area contributed by atoms with Crippen LogP contribution in [0.25, 0.3) is 21.8 Å². The van der Waals surface area contributed by atoms with Gasteiger partial charge in [-0.1, -0.05) is 36.4 Å². The lowest BCUT2D eigenvalue weighted by atomic mass is 10.2. The summed E-state index contributed by atoms with van der Waals surface area (Å²) in [6.45, 7) is 1.60. The first-order valence-corrected chi connectivity index (χ1v) is 7.27. The van der Waals surface area contributed by atoms with Gasteiger partial charge >= 0.3 is 0 Å². The van der Waals surface area contributed by atoms with Crippen LogP contribution in [0.2, 0.25) is 0 Å². The zero-order chi connectivity index (χ0) is 14.7. The zero-order valence-electron chi connectivity index (χ0n) is 11.9. The average Bonchev–Trinajstić information content (AvgIpc) is 2.83. The Labute approximate surface area is 123 Å². The third-order valence-corrected chi connectivity index (χ3v) is 3.74. The van der Waals surface area contributed by atoms with E-state index < -0.39 is 6.10 Å². The number of para-hydroxylation sites is 2. The summed E-state index contributed by atoms with van der Waals surface area (Å²) in [4.78, 5) is 0. The molecule has 3 N–H and O–H groups in total. The maximum absolute atomic E-state index is 10.2. The molecule has 0 radical (unpaired) electrons. The quantitative estimate of drug-likeness (QED) is 0.604. The van der Waals surface area contributed by atoms with Crippen molar-refractivity contribution in [1.82, 2.24) is 9.88 Å². The van der Waals surface area contributed by atoms with Crippen molar-refractivity contribution >= 4 is 21.8 Å². The Bertz CT molecular complexity index is 683. The average molecular weight is 284 g/mol. The molecule has 1 atom stereocenters. The van der Waals surface area contributed by atoms with E-state index in [1.54, 1.807) is 0 Å². The molecule has 0 aliphatic heterocycles. The molecule has 0 bridgehead atoms. The van der Waals surface area contributed by atoms with Gasteiger partial charge in [0.25, 0.3) is 0 Å². The van der Waals surface area contributed by atoms with Gasteiger partial charge in [0.05, 0.1) is 19.3 Å². The van der Waals surface area contributed by atoms with Gasteiger partial charge < -0.3 is 20.1 Å². The SMILES string of the molecule is OCCNC[C@@H](O)Cn1c2ccccc2c2ccccc21. The molecular weight excluding hydrogens is 264 g/mol. The van der Waals surface area contributed by atoms with Crippen molar-refractivity contribution in [3.63, 3.8) is 0 Å².